The molecule has 2 fully saturated rings. The molecule has 0 amide bonds. The maximum absolute atomic E-state index is 12.6. The van der Waals surface area contributed by atoms with Gasteiger partial charge in [-0.15, -0.1) is 0 Å². The van der Waals surface area contributed by atoms with Crippen molar-refractivity contribution in [1.29, 1.82) is 0 Å². The number of piperazine rings is 1. The van der Waals surface area contributed by atoms with Gasteiger partial charge in [0, 0.05) is 51.9 Å². The van der Waals surface area contributed by atoms with Crippen molar-refractivity contribution in [2.75, 3.05) is 60.3 Å². The van der Waals surface area contributed by atoms with Crippen LogP contribution in [0.5, 0.6) is 0 Å². The SMILES string of the molecule is [O-][S+]1CCc2nc(N3CCN(c4ccccc4Cl)CC3)nc(NC3CCOCC3)c21. The van der Waals surface area contributed by atoms with Crippen LogP contribution >= 0.6 is 11.6 Å². The average Bonchev–Trinajstić information content (AvgIpc) is 3.16. The Morgan fingerprint density at radius 3 is 2.57 bits per heavy atom. The molecule has 1 N–H and O–H groups in total. The summed E-state index contributed by atoms with van der Waals surface area (Å²) >= 11 is 5.36. The van der Waals surface area contributed by atoms with Crippen LogP contribution in [0.4, 0.5) is 17.5 Å². The molecule has 1 aromatic carbocycles. The molecule has 3 aliphatic rings. The van der Waals surface area contributed by atoms with Crippen molar-refractivity contribution < 1.29 is 9.29 Å². The molecule has 2 saturated heterocycles. The van der Waals surface area contributed by atoms with E-state index in [0.717, 1.165) is 91.7 Å². The lowest BCUT2D eigenvalue weighted by molar-refractivity contribution is 0.0903. The average molecular weight is 448 g/mol. The van der Waals surface area contributed by atoms with E-state index in [1.165, 1.54) is 0 Å². The first-order valence-electron chi connectivity index (χ1n) is 10.6. The minimum atomic E-state index is -1.02. The number of hydrogen-bond acceptors (Lipinski definition) is 7. The van der Waals surface area contributed by atoms with Crippen LogP contribution in [-0.2, 0) is 22.3 Å². The molecule has 3 aliphatic heterocycles. The van der Waals surface area contributed by atoms with Crippen LogP contribution in [0.25, 0.3) is 0 Å². The van der Waals surface area contributed by atoms with E-state index in [1.54, 1.807) is 0 Å². The van der Waals surface area contributed by atoms with Crippen molar-refractivity contribution in [3.8, 4) is 0 Å². The quantitative estimate of drug-likeness (QED) is 0.722. The fourth-order valence-electron chi connectivity index (χ4n) is 4.31. The summed E-state index contributed by atoms with van der Waals surface area (Å²) in [6, 6.07) is 8.28. The zero-order valence-electron chi connectivity index (χ0n) is 16.8. The molecule has 30 heavy (non-hydrogen) atoms. The van der Waals surface area contributed by atoms with E-state index in [9.17, 15) is 4.55 Å². The Bertz CT molecular complexity index is 903. The van der Waals surface area contributed by atoms with Gasteiger partial charge in [-0.25, -0.2) is 4.98 Å². The minimum Gasteiger partial charge on any atom is -0.611 e. The second-order valence-electron chi connectivity index (χ2n) is 7.90. The number of ether oxygens (including phenoxy) is 1. The van der Waals surface area contributed by atoms with Crippen LogP contribution < -0.4 is 15.1 Å². The fourth-order valence-corrected chi connectivity index (χ4v) is 5.88. The highest BCUT2D eigenvalue weighted by atomic mass is 35.5. The van der Waals surface area contributed by atoms with Crippen LogP contribution in [0.3, 0.4) is 0 Å². The Morgan fingerprint density at radius 2 is 1.80 bits per heavy atom. The number of nitrogens with zero attached hydrogens (tertiary/aromatic N) is 4. The molecule has 5 rings (SSSR count). The van der Waals surface area contributed by atoms with Gasteiger partial charge >= 0.3 is 0 Å². The molecule has 4 heterocycles. The third-order valence-electron chi connectivity index (χ3n) is 5.99. The van der Waals surface area contributed by atoms with Gasteiger partial charge in [0.25, 0.3) is 0 Å². The summed E-state index contributed by atoms with van der Waals surface area (Å²) in [7, 11) is 0. The Labute approximate surface area is 185 Å². The largest absolute Gasteiger partial charge is 0.611 e. The Morgan fingerprint density at radius 1 is 1.07 bits per heavy atom. The Hall–Kier alpha value is -1.74. The van der Waals surface area contributed by atoms with E-state index in [4.69, 9.17) is 26.3 Å². The van der Waals surface area contributed by atoms with Crippen molar-refractivity contribution >= 4 is 40.2 Å². The van der Waals surface area contributed by atoms with Gasteiger partial charge in [-0.3, -0.25) is 0 Å². The van der Waals surface area contributed by atoms with Crippen LogP contribution in [0.15, 0.2) is 29.2 Å². The number of fused-ring (bicyclic) bond motifs is 1. The molecular formula is C21H26ClN5O2S. The number of hydrogen-bond donors (Lipinski definition) is 1. The highest BCUT2D eigenvalue weighted by molar-refractivity contribution is 7.91. The molecule has 9 heteroatoms. The second kappa shape index (κ2) is 8.78. The van der Waals surface area contributed by atoms with E-state index < -0.39 is 11.2 Å². The number of benzene rings is 1. The molecular weight excluding hydrogens is 422 g/mol. The third-order valence-corrected chi connectivity index (χ3v) is 7.77. The zero-order chi connectivity index (χ0) is 20.5. The summed E-state index contributed by atoms with van der Waals surface area (Å²) in [6.07, 6.45) is 2.63. The maximum atomic E-state index is 12.6. The first-order chi connectivity index (χ1) is 14.7. The number of nitrogens with one attached hydrogen (secondary N) is 1. The van der Waals surface area contributed by atoms with Crippen molar-refractivity contribution in [2.45, 2.75) is 30.2 Å². The van der Waals surface area contributed by atoms with Crippen LogP contribution in [-0.4, -0.2) is 65.7 Å². The van der Waals surface area contributed by atoms with Crippen molar-refractivity contribution in [3.05, 3.63) is 35.0 Å². The van der Waals surface area contributed by atoms with Gasteiger partial charge < -0.3 is 24.4 Å². The van der Waals surface area contributed by atoms with E-state index in [1.807, 2.05) is 18.2 Å². The number of para-hydroxylation sites is 1. The normalized spacial score (nSPS) is 22.3. The van der Waals surface area contributed by atoms with Crippen LogP contribution in [0.2, 0.25) is 5.02 Å². The molecule has 1 aromatic heterocycles. The summed E-state index contributed by atoms with van der Waals surface area (Å²) in [5.41, 5.74) is 2.01. The Kier molecular flexibility index (Phi) is 5.91. The number of anilines is 3. The lowest BCUT2D eigenvalue weighted by atomic mass is 10.1. The zero-order valence-corrected chi connectivity index (χ0v) is 18.4. The summed E-state index contributed by atoms with van der Waals surface area (Å²) in [5, 5.41) is 4.34. The molecule has 0 aliphatic carbocycles. The molecule has 2 aromatic rings. The van der Waals surface area contributed by atoms with Crippen molar-refractivity contribution in [2.24, 2.45) is 0 Å². The first-order valence-corrected chi connectivity index (χ1v) is 12.3. The van der Waals surface area contributed by atoms with Crippen LogP contribution in [0, 0.1) is 0 Å². The van der Waals surface area contributed by atoms with Gasteiger partial charge in [-0.2, -0.15) is 4.98 Å². The molecule has 1 unspecified atom stereocenters. The lowest BCUT2D eigenvalue weighted by Gasteiger charge is -2.36. The summed E-state index contributed by atoms with van der Waals surface area (Å²) in [6.45, 7) is 4.88. The second-order valence-corrected chi connectivity index (χ2v) is 9.82. The molecule has 7 nitrogen and oxygen atoms in total. The van der Waals surface area contributed by atoms with Gasteiger partial charge in [-0.1, -0.05) is 23.7 Å². The number of aryl methyl sites for hydroxylation is 1. The summed E-state index contributed by atoms with van der Waals surface area (Å²) < 4.78 is 18.1. The van der Waals surface area contributed by atoms with Gasteiger partial charge in [0.15, 0.2) is 5.82 Å². The van der Waals surface area contributed by atoms with Gasteiger partial charge in [0.1, 0.15) is 11.4 Å². The number of rotatable bonds is 4. The molecule has 0 spiro atoms. The van der Waals surface area contributed by atoms with Gasteiger partial charge in [0.2, 0.25) is 10.8 Å². The molecule has 0 radical (unpaired) electrons. The third kappa shape index (κ3) is 4.06. The monoisotopic (exact) mass is 447 g/mol. The molecule has 0 bridgehead atoms. The predicted octanol–water partition coefficient (Wildman–Crippen LogP) is 2.71. The number of halogens is 1. The lowest BCUT2D eigenvalue weighted by Crippen LogP contribution is -2.47. The van der Waals surface area contributed by atoms with Crippen molar-refractivity contribution in [3.63, 3.8) is 0 Å². The molecule has 1 atom stereocenters. The molecule has 160 valence electrons. The summed E-state index contributed by atoms with van der Waals surface area (Å²) in [4.78, 5) is 15.0. The minimum absolute atomic E-state index is 0.306. The first kappa shape index (κ1) is 20.2. The standard InChI is InChI=1S/C21H26ClN5O2S/c22-16-3-1-2-4-18(16)26-8-10-27(11-9-26)21-24-17-7-14-30(28)19(17)20(25-21)23-15-5-12-29-13-6-15/h1-4,15H,5-14H2,(H,23,24,25). The smallest absolute Gasteiger partial charge is 0.228 e. The van der Waals surface area contributed by atoms with E-state index in [-0.39, 0.29) is 0 Å². The summed E-state index contributed by atoms with van der Waals surface area (Å²) in [5.74, 6) is 2.13. The predicted molar refractivity (Wildman–Crippen MR) is 120 cm³/mol. The van der Waals surface area contributed by atoms with E-state index in [0.29, 0.717) is 11.8 Å². The van der Waals surface area contributed by atoms with E-state index >= 15 is 0 Å². The van der Waals surface area contributed by atoms with Gasteiger partial charge in [0.05, 0.1) is 10.7 Å². The van der Waals surface area contributed by atoms with E-state index in [2.05, 4.69) is 21.2 Å². The highest BCUT2D eigenvalue weighted by Gasteiger charge is 2.34. The highest BCUT2D eigenvalue weighted by Crippen LogP contribution is 2.34. The van der Waals surface area contributed by atoms with Crippen LogP contribution in [0.1, 0.15) is 18.5 Å². The molecule has 0 saturated carbocycles. The fraction of sp³-hybridized carbons (Fsp3) is 0.524. The van der Waals surface area contributed by atoms with Crippen molar-refractivity contribution in [1.82, 2.24) is 9.97 Å². The van der Waals surface area contributed by atoms with Gasteiger partial charge in [-0.05, 0) is 36.2 Å². The number of aromatic nitrogens is 2. The maximum Gasteiger partial charge on any atom is 0.228 e. The topological polar surface area (TPSA) is 76.6 Å². The Balaban J connectivity index is 1.35.